The third kappa shape index (κ3) is 6.41. The number of aliphatic hydroxyl groups is 1. The first-order chi connectivity index (χ1) is 7.48. The lowest BCUT2D eigenvalue weighted by molar-refractivity contribution is -0.0798. The van der Waals surface area contributed by atoms with Gasteiger partial charge in [-0.05, 0) is 34.6 Å². The van der Waals surface area contributed by atoms with E-state index in [0.717, 1.165) is 4.90 Å². The van der Waals surface area contributed by atoms with E-state index in [1.165, 1.54) is 0 Å². The summed E-state index contributed by atoms with van der Waals surface area (Å²) in [5.74, 6) is -3.32. The molecular formula is C11H21F2NO3. The first-order valence-corrected chi connectivity index (χ1v) is 5.47. The lowest BCUT2D eigenvalue weighted by Crippen LogP contribution is -2.48. The molecule has 0 unspecified atom stereocenters. The monoisotopic (exact) mass is 253 g/mol. The number of halogens is 2. The van der Waals surface area contributed by atoms with E-state index in [2.05, 4.69) is 0 Å². The van der Waals surface area contributed by atoms with Crippen LogP contribution in [0.15, 0.2) is 0 Å². The average Bonchev–Trinajstić information content (AvgIpc) is 2.11. The van der Waals surface area contributed by atoms with Crippen LogP contribution >= 0.6 is 0 Å². The third-order valence-corrected chi connectivity index (χ3v) is 1.88. The van der Waals surface area contributed by atoms with Gasteiger partial charge in [0.2, 0.25) is 0 Å². The molecule has 17 heavy (non-hydrogen) atoms. The molecule has 0 rings (SSSR count). The maximum atomic E-state index is 13.1. The number of ether oxygens (including phenoxy) is 1. The summed E-state index contributed by atoms with van der Waals surface area (Å²) in [7, 11) is 0. The molecule has 0 aromatic carbocycles. The number of carbonyl (C=O) groups is 1. The Morgan fingerprint density at radius 3 is 2.12 bits per heavy atom. The molecule has 0 aliphatic carbocycles. The fourth-order valence-corrected chi connectivity index (χ4v) is 1.08. The molecule has 0 saturated heterocycles. The highest BCUT2D eigenvalue weighted by molar-refractivity contribution is 5.68. The van der Waals surface area contributed by atoms with E-state index < -0.39 is 36.8 Å². The van der Waals surface area contributed by atoms with Crippen LogP contribution in [0.4, 0.5) is 13.6 Å². The summed E-state index contributed by atoms with van der Waals surface area (Å²) in [6.45, 7) is 6.05. The van der Waals surface area contributed by atoms with Crippen molar-refractivity contribution in [2.75, 3.05) is 13.2 Å². The summed E-state index contributed by atoms with van der Waals surface area (Å²) in [4.78, 5) is 12.6. The van der Waals surface area contributed by atoms with Crippen molar-refractivity contribution in [3.05, 3.63) is 0 Å². The van der Waals surface area contributed by atoms with Gasteiger partial charge in [-0.15, -0.1) is 0 Å². The van der Waals surface area contributed by atoms with Gasteiger partial charge in [-0.3, -0.25) is 4.90 Å². The minimum Gasteiger partial charge on any atom is -0.444 e. The molecule has 0 aromatic rings. The van der Waals surface area contributed by atoms with E-state index in [1.807, 2.05) is 0 Å². The Labute approximate surface area is 101 Å². The SMILES string of the molecule is CC(C)N(CC(F)(F)CO)C(=O)OC(C)(C)C. The fraction of sp³-hybridized carbons (Fsp3) is 0.909. The van der Waals surface area contributed by atoms with E-state index in [1.54, 1.807) is 34.6 Å². The molecule has 6 heteroatoms. The van der Waals surface area contributed by atoms with Gasteiger partial charge in [-0.2, -0.15) is 0 Å². The number of aliphatic hydroxyl groups excluding tert-OH is 1. The predicted molar refractivity (Wildman–Crippen MR) is 60.1 cm³/mol. The Morgan fingerprint density at radius 2 is 1.82 bits per heavy atom. The zero-order valence-electron chi connectivity index (χ0n) is 11.0. The molecular weight excluding hydrogens is 232 g/mol. The molecule has 0 radical (unpaired) electrons. The first-order valence-electron chi connectivity index (χ1n) is 5.47. The largest absolute Gasteiger partial charge is 0.444 e. The van der Waals surface area contributed by atoms with Crippen molar-refractivity contribution in [1.82, 2.24) is 4.90 Å². The molecule has 0 spiro atoms. The Hall–Kier alpha value is -0.910. The predicted octanol–water partition coefficient (Wildman–Crippen LogP) is 2.26. The number of rotatable bonds is 4. The van der Waals surface area contributed by atoms with E-state index >= 15 is 0 Å². The molecule has 0 aromatic heterocycles. The van der Waals surface area contributed by atoms with Crippen LogP contribution in [0.5, 0.6) is 0 Å². The van der Waals surface area contributed by atoms with Crippen molar-refractivity contribution in [2.24, 2.45) is 0 Å². The van der Waals surface area contributed by atoms with Crippen molar-refractivity contribution in [3.8, 4) is 0 Å². The normalized spacial score (nSPS) is 12.8. The quantitative estimate of drug-likeness (QED) is 0.836. The van der Waals surface area contributed by atoms with Crippen molar-refractivity contribution < 1.29 is 23.4 Å². The van der Waals surface area contributed by atoms with Gasteiger partial charge in [0, 0.05) is 6.04 Å². The molecule has 4 nitrogen and oxygen atoms in total. The van der Waals surface area contributed by atoms with E-state index in [4.69, 9.17) is 9.84 Å². The summed E-state index contributed by atoms with van der Waals surface area (Å²) in [5, 5.41) is 8.51. The summed E-state index contributed by atoms with van der Waals surface area (Å²) in [5.41, 5.74) is -0.737. The van der Waals surface area contributed by atoms with Crippen LogP contribution in [0, 0.1) is 0 Å². The van der Waals surface area contributed by atoms with Crippen LogP contribution in [0.3, 0.4) is 0 Å². The molecule has 0 aliphatic heterocycles. The van der Waals surface area contributed by atoms with Crippen molar-refractivity contribution in [1.29, 1.82) is 0 Å². The van der Waals surface area contributed by atoms with Crippen molar-refractivity contribution >= 4 is 6.09 Å². The van der Waals surface area contributed by atoms with Gasteiger partial charge in [0.1, 0.15) is 12.2 Å². The van der Waals surface area contributed by atoms with E-state index in [0.29, 0.717) is 0 Å². The molecule has 1 N–H and O–H groups in total. The van der Waals surface area contributed by atoms with Crippen LogP contribution in [-0.2, 0) is 4.74 Å². The Balaban J connectivity index is 4.70. The molecule has 0 atom stereocenters. The molecule has 1 amide bonds. The summed E-state index contributed by atoms with van der Waals surface area (Å²) < 4.78 is 31.1. The summed E-state index contributed by atoms with van der Waals surface area (Å²) in [6.07, 6.45) is -0.805. The minimum absolute atomic E-state index is 0.428. The van der Waals surface area contributed by atoms with Crippen LogP contribution in [-0.4, -0.2) is 46.8 Å². The molecule has 0 saturated carbocycles. The second-order valence-electron chi connectivity index (χ2n) is 5.22. The standard InChI is InChI=1S/C11H21F2NO3/c1-8(2)14(6-11(12,13)7-15)9(16)17-10(3,4)5/h8,15H,6-7H2,1-5H3. The minimum atomic E-state index is -3.32. The van der Waals surface area contributed by atoms with Crippen molar-refractivity contribution in [2.45, 2.75) is 52.2 Å². The molecule has 0 aliphatic rings. The fourth-order valence-electron chi connectivity index (χ4n) is 1.08. The second kappa shape index (κ2) is 5.62. The number of hydrogen-bond acceptors (Lipinski definition) is 3. The van der Waals surface area contributed by atoms with Crippen LogP contribution in [0.2, 0.25) is 0 Å². The number of amides is 1. The number of alkyl halides is 2. The maximum Gasteiger partial charge on any atom is 0.410 e. The van der Waals surface area contributed by atoms with Gasteiger partial charge < -0.3 is 9.84 Å². The van der Waals surface area contributed by atoms with Crippen LogP contribution in [0.25, 0.3) is 0 Å². The van der Waals surface area contributed by atoms with Gasteiger partial charge >= 0.3 is 6.09 Å². The Bertz CT molecular complexity index is 262. The number of nitrogens with zero attached hydrogens (tertiary/aromatic N) is 1. The van der Waals surface area contributed by atoms with E-state index in [-0.39, 0.29) is 0 Å². The zero-order chi connectivity index (χ0) is 13.9. The molecule has 102 valence electrons. The molecule has 0 bridgehead atoms. The molecule has 0 fully saturated rings. The third-order valence-electron chi connectivity index (χ3n) is 1.88. The average molecular weight is 253 g/mol. The van der Waals surface area contributed by atoms with Gasteiger partial charge in [-0.25, -0.2) is 13.6 Å². The van der Waals surface area contributed by atoms with Gasteiger partial charge in [0.25, 0.3) is 5.92 Å². The van der Waals surface area contributed by atoms with Crippen molar-refractivity contribution in [3.63, 3.8) is 0 Å². The highest BCUT2D eigenvalue weighted by Gasteiger charge is 2.35. The van der Waals surface area contributed by atoms with E-state index in [9.17, 15) is 13.6 Å². The lowest BCUT2D eigenvalue weighted by atomic mass is 10.2. The highest BCUT2D eigenvalue weighted by atomic mass is 19.3. The van der Waals surface area contributed by atoms with Gasteiger partial charge in [-0.1, -0.05) is 0 Å². The van der Waals surface area contributed by atoms with Crippen LogP contribution < -0.4 is 0 Å². The zero-order valence-corrected chi connectivity index (χ0v) is 11.0. The highest BCUT2D eigenvalue weighted by Crippen LogP contribution is 2.18. The number of hydrogen-bond donors (Lipinski definition) is 1. The first kappa shape index (κ1) is 16.1. The maximum absolute atomic E-state index is 13.1. The molecule has 0 heterocycles. The smallest absolute Gasteiger partial charge is 0.410 e. The number of carbonyl (C=O) groups excluding carboxylic acids is 1. The summed E-state index contributed by atoms with van der Waals surface area (Å²) >= 11 is 0. The second-order valence-corrected chi connectivity index (χ2v) is 5.22. The lowest BCUT2D eigenvalue weighted by Gasteiger charge is -2.32. The van der Waals surface area contributed by atoms with Gasteiger partial charge in [0.05, 0.1) is 6.54 Å². The summed E-state index contributed by atoms with van der Waals surface area (Å²) in [6, 6.07) is -0.428. The Morgan fingerprint density at radius 1 is 1.35 bits per heavy atom. The van der Waals surface area contributed by atoms with Crippen LogP contribution in [0.1, 0.15) is 34.6 Å². The Kier molecular flexibility index (Phi) is 5.32. The van der Waals surface area contributed by atoms with Gasteiger partial charge in [0.15, 0.2) is 0 Å². The topological polar surface area (TPSA) is 49.8 Å².